The van der Waals surface area contributed by atoms with Crippen LogP contribution in [0.4, 0.5) is 0 Å². The Hall–Kier alpha value is -0.730. The molecule has 0 radical (unpaired) electrons. The molecule has 3 heteroatoms. The van der Waals surface area contributed by atoms with E-state index in [1.807, 2.05) is 18.2 Å². The molecule has 0 saturated heterocycles. The maximum atomic E-state index is 5.91. The van der Waals surface area contributed by atoms with Crippen molar-refractivity contribution in [2.24, 2.45) is 11.7 Å². The van der Waals surface area contributed by atoms with Gasteiger partial charge in [-0.15, -0.1) is 0 Å². The fourth-order valence-corrected chi connectivity index (χ4v) is 1.56. The van der Waals surface area contributed by atoms with Crippen LogP contribution < -0.4 is 10.5 Å². The van der Waals surface area contributed by atoms with Gasteiger partial charge in [-0.1, -0.05) is 18.5 Å². The molecular formula is C11H16ClNO. The third-order valence-electron chi connectivity index (χ3n) is 2.21. The number of benzene rings is 1. The number of hydrogen-bond donors (Lipinski definition) is 1. The van der Waals surface area contributed by atoms with Crippen LogP contribution >= 0.6 is 11.6 Å². The highest BCUT2D eigenvalue weighted by atomic mass is 35.5. The lowest BCUT2D eigenvalue weighted by molar-refractivity contribution is 0.406. The molecule has 78 valence electrons. The minimum atomic E-state index is 0.447. The van der Waals surface area contributed by atoms with Crippen molar-refractivity contribution in [3.63, 3.8) is 0 Å². The average Bonchev–Trinajstić information content (AvgIpc) is 2.18. The van der Waals surface area contributed by atoms with Crippen LogP contribution in [0.1, 0.15) is 12.5 Å². The standard InChI is InChI=1S/C11H16ClNO/c1-8(7-13)5-9-6-10(12)3-4-11(9)14-2/h3-4,6,8H,5,7,13H2,1-2H3. The predicted octanol–water partition coefficient (Wildman–Crippen LogP) is 2.49. The van der Waals surface area contributed by atoms with E-state index >= 15 is 0 Å². The Morgan fingerprint density at radius 1 is 1.50 bits per heavy atom. The van der Waals surface area contributed by atoms with Gasteiger partial charge in [-0.2, -0.15) is 0 Å². The average molecular weight is 214 g/mol. The first-order valence-corrected chi connectivity index (χ1v) is 5.07. The number of ether oxygens (including phenoxy) is 1. The summed E-state index contributed by atoms with van der Waals surface area (Å²) in [6, 6.07) is 5.66. The molecule has 0 spiro atoms. The molecule has 1 rings (SSSR count). The number of hydrogen-bond acceptors (Lipinski definition) is 2. The Morgan fingerprint density at radius 3 is 2.79 bits per heavy atom. The number of nitrogens with two attached hydrogens (primary N) is 1. The number of halogens is 1. The lowest BCUT2D eigenvalue weighted by atomic mass is 10.0. The van der Waals surface area contributed by atoms with Gasteiger partial charge in [0, 0.05) is 5.02 Å². The molecule has 0 aliphatic heterocycles. The SMILES string of the molecule is COc1ccc(Cl)cc1CC(C)CN. The predicted molar refractivity (Wildman–Crippen MR) is 59.9 cm³/mol. The van der Waals surface area contributed by atoms with Gasteiger partial charge in [-0.25, -0.2) is 0 Å². The van der Waals surface area contributed by atoms with Crippen LogP contribution in [-0.2, 0) is 6.42 Å². The summed E-state index contributed by atoms with van der Waals surface area (Å²) in [7, 11) is 1.67. The Labute approximate surface area is 90.0 Å². The first kappa shape index (κ1) is 11.3. The van der Waals surface area contributed by atoms with E-state index < -0.39 is 0 Å². The molecule has 1 unspecified atom stereocenters. The number of methoxy groups -OCH3 is 1. The largest absolute Gasteiger partial charge is 0.496 e. The zero-order valence-electron chi connectivity index (χ0n) is 8.59. The van der Waals surface area contributed by atoms with E-state index in [1.165, 1.54) is 0 Å². The lowest BCUT2D eigenvalue weighted by Crippen LogP contribution is -2.13. The van der Waals surface area contributed by atoms with Crippen molar-refractivity contribution in [3.05, 3.63) is 28.8 Å². The second-order valence-corrected chi connectivity index (χ2v) is 3.94. The smallest absolute Gasteiger partial charge is 0.122 e. The van der Waals surface area contributed by atoms with Gasteiger partial charge < -0.3 is 10.5 Å². The fraction of sp³-hybridized carbons (Fsp3) is 0.455. The topological polar surface area (TPSA) is 35.2 Å². The third kappa shape index (κ3) is 2.89. The van der Waals surface area contributed by atoms with E-state index in [0.29, 0.717) is 12.5 Å². The quantitative estimate of drug-likeness (QED) is 0.834. The van der Waals surface area contributed by atoms with Crippen LogP contribution in [0, 0.1) is 5.92 Å². The van der Waals surface area contributed by atoms with E-state index in [0.717, 1.165) is 22.8 Å². The van der Waals surface area contributed by atoms with Gasteiger partial charge in [0.25, 0.3) is 0 Å². The van der Waals surface area contributed by atoms with Crippen LogP contribution in [0.15, 0.2) is 18.2 Å². The highest BCUT2D eigenvalue weighted by Gasteiger charge is 2.07. The molecule has 2 nitrogen and oxygen atoms in total. The Morgan fingerprint density at radius 2 is 2.21 bits per heavy atom. The van der Waals surface area contributed by atoms with Gasteiger partial charge in [-0.05, 0) is 42.6 Å². The first-order valence-electron chi connectivity index (χ1n) is 4.70. The second-order valence-electron chi connectivity index (χ2n) is 3.50. The Kier molecular flexibility index (Phi) is 4.23. The molecule has 0 fully saturated rings. The molecule has 1 aromatic carbocycles. The zero-order chi connectivity index (χ0) is 10.6. The Balaban J connectivity index is 2.87. The van der Waals surface area contributed by atoms with Gasteiger partial charge in [0.15, 0.2) is 0 Å². The molecule has 2 N–H and O–H groups in total. The summed E-state index contributed by atoms with van der Waals surface area (Å²) in [4.78, 5) is 0. The maximum absolute atomic E-state index is 5.91. The van der Waals surface area contributed by atoms with E-state index in [1.54, 1.807) is 7.11 Å². The summed E-state index contributed by atoms with van der Waals surface area (Å²) >= 11 is 5.91. The maximum Gasteiger partial charge on any atom is 0.122 e. The van der Waals surface area contributed by atoms with Gasteiger partial charge in [0.1, 0.15) is 5.75 Å². The molecular weight excluding hydrogens is 198 g/mol. The molecule has 0 aliphatic rings. The molecule has 0 aromatic heterocycles. The molecule has 0 saturated carbocycles. The van der Waals surface area contributed by atoms with E-state index in [9.17, 15) is 0 Å². The highest BCUT2D eigenvalue weighted by molar-refractivity contribution is 6.30. The third-order valence-corrected chi connectivity index (χ3v) is 2.45. The van der Waals surface area contributed by atoms with E-state index in [-0.39, 0.29) is 0 Å². The monoisotopic (exact) mass is 213 g/mol. The molecule has 1 aromatic rings. The minimum absolute atomic E-state index is 0.447. The van der Waals surface area contributed by atoms with Crippen LogP contribution in [0.3, 0.4) is 0 Å². The summed E-state index contributed by atoms with van der Waals surface area (Å²) in [5, 5.41) is 0.741. The molecule has 0 heterocycles. The second kappa shape index (κ2) is 5.23. The summed E-state index contributed by atoms with van der Waals surface area (Å²) in [5.74, 6) is 1.33. The normalized spacial score (nSPS) is 12.6. The van der Waals surface area contributed by atoms with Crippen LogP contribution in [-0.4, -0.2) is 13.7 Å². The van der Waals surface area contributed by atoms with Crippen LogP contribution in [0.5, 0.6) is 5.75 Å². The zero-order valence-corrected chi connectivity index (χ0v) is 9.34. The van der Waals surface area contributed by atoms with Crippen LogP contribution in [0.25, 0.3) is 0 Å². The molecule has 0 amide bonds. The fourth-order valence-electron chi connectivity index (χ4n) is 1.37. The molecule has 1 atom stereocenters. The minimum Gasteiger partial charge on any atom is -0.496 e. The molecule has 14 heavy (non-hydrogen) atoms. The van der Waals surface area contributed by atoms with Crippen molar-refractivity contribution in [1.82, 2.24) is 0 Å². The van der Waals surface area contributed by atoms with E-state index in [2.05, 4.69) is 6.92 Å². The summed E-state index contributed by atoms with van der Waals surface area (Å²) in [5.41, 5.74) is 6.70. The van der Waals surface area contributed by atoms with Crippen molar-refractivity contribution in [1.29, 1.82) is 0 Å². The number of rotatable bonds is 4. The summed E-state index contributed by atoms with van der Waals surface area (Å²) < 4.78 is 5.25. The van der Waals surface area contributed by atoms with Crippen LogP contribution in [0.2, 0.25) is 5.02 Å². The van der Waals surface area contributed by atoms with Crippen molar-refractivity contribution >= 4 is 11.6 Å². The lowest BCUT2D eigenvalue weighted by Gasteiger charge is -2.12. The first-order chi connectivity index (χ1) is 6.67. The highest BCUT2D eigenvalue weighted by Crippen LogP contribution is 2.24. The van der Waals surface area contributed by atoms with Gasteiger partial charge in [0.2, 0.25) is 0 Å². The van der Waals surface area contributed by atoms with Crippen molar-refractivity contribution in [2.75, 3.05) is 13.7 Å². The van der Waals surface area contributed by atoms with Gasteiger partial charge in [0.05, 0.1) is 7.11 Å². The van der Waals surface area contributed by atoms with Crippen molar-refractivity contribution < 1.29 is 4.74 Å². The van der Waals surface area contributed by atoms with Gasteiger partial charge >= 0.3 is 0 Å². The van der Waals surface area contributed by atoms with Gasteiger partial charge in [-0.3, -0.25) is 0 Å². The summed E-state index contributed by atoms with van der Waals surface area (Å²) in [6.45, 7) is 2.79. The van der Waals surface area contributed by atoms with Crippen molar-refractivity contribution in [2.45, 2.75) is 13.3 Å². The van der Waals surface area contributed by atoms with Crippen molar-refractivity contribution in [3.8, 4) is 5.75 Å². The molecule has 0 aliphatic carbocycles. The summed E-state index contributed by atoms with van der Waals surface area (Å²) in [6.07, 6.45) is 0.903. The van der Waals surface area contributed by atoms with E-state index in [4.69, 9.17) is 22.1 Å². The molecule has 0 bridgehead atoms. The Bertz CT molecular complexity index is 301.